The van der Waals surface area contributed by atoms with Crippen molar-refractivity contribution >= 4 is 17.6 Å². The van der Waals surface area contributed by atoms with Crippen LogP contribution in [0.15, 0.2) is 24.3 Å². The number of hydrogen-bond acceptors (Lipinski definition) is 3. The Labute approximate surface area is 137 Å². The van der Waals surface area contributed by atoms with E-state index in [0.29, 0.717) is 18.0 Å². The Morgan fingerprint density at radius 3 is 2.48 bits per heavy atom. The summed E-state index contributed by atoms with van der Waals surface area (Å²) in [5.74, 6) is 0.441. The molecule has 0 spiro atoms. The third-order valence-corrected chi connectivity index (χ3v) is 3.80. The molecule has 1 aromatic rings. The van der Waals surface area contributed by atoms with E-state index in [4.69, 9.17) is 4.74 Å². The van der Waals surface area contributed by atoms with Gasteiger partial charge in [0.25, 0.3) is 5.91 Å². The first-order valence-corrected chi connectivity index (χ1v) is 8.24. The molecule has 6 heteroatoms. The summed E-state index contributed by atoms with van der Waals surface area (Å²) < 4.78 is 5.36. The van der Waals surface area contributed by atoms with Gasteiger partial charge in [-0.25, -0.2) is 4.79 Å². The molecule has 0 bridgehead atoms. The van der Waals surface area contributed by atoms with Crippen LogP contribution >= 0.6 is 0 Å². The lowest BCUT2D eigenvalue weighted by Gasteiger charge is -2.22. The maximum atomic E-state index is 11.9. The number of hydrogen-bond donors (Lipinski definition) is 3. The van der Waals surface area contributed by atoms with E-state index >= 15 is 0 Å². The van der Waals surface area contributed by atoms with Crippen LogP contribution in [0.3, 0.4) is 0 Å². The van der Waals surface area contributed by atoms with Crippen molar-refractivity contribution in [3.05, 3.63) is 24.3 Å². The molecule has 3 amide bonds. The molecule has 0 atom stereocenters. The van der Waals surface area contributed by atoms with Crippen molar-refractivity contribution in [3.8, 4) is 5.75 Å². The quantitative estimate of drug-likeness (QED) is 0.754. The second-order valence-corrected chi connectivity index (χ2v) is 5.70. The largest absolute Gasteiger partial charge is 0.484 e. The zero-order chi connectivity index (χ0) is 16.5. The van der Waals surface area contributed by atoms with E-state index in [0.717, 1.165) is 12.8 Å². The molecule has 3 N–H and O–H groups in total. The Morgan fingerprint density at radius 1 is 1.13 bits per heavy atom. The van der Waals surface area contributed by atoms with Gasteiger partial charge in [0.2, 0.25) is 0 Å². The maximum absolute atomic E-state index is 11.9. The third kappa shape index (κ3) is 6.18. The topological polar surface area (TPSA) is 79.5 Å². The molecule has 0 radical (unpaired) electrons. The highest BCUT2D eigenvalue weighted by molar-refractivity contribution is 5.89. The summed E-state index contributed by atoms with van der Waals surface area (Å²) in [6, 6.07) is 7.09. The standard InChI is InChI=1S/C17H25N3O3/c1-2-18-16(21)12-23-15-10-8-14(9-11-15)20-17(22)19-13-6-4-3-5-7-13/h8-11,13H,2-7,12H2,1H3,(H,18,21)(H2,19,20,22). The molecule has 126 valence electrons. The lowest BCUT2D eigenvalue weighted by Crippen LogP contribution is -2.38. The molecular formula is C17H25N3O3. The number of carbonyl (C=O) groups excluding carboxylic acids is 2. The Balaban J connectivity index is 1.75. The normalized spacial score (nSPS) is 14.8. The van der Waals surface area contributed by atoms with Gasteiger partial charge >= 0.3 is 6.03 Å². The Morgan fingerprint density at radius 2 is 1.83 bits per heavy atom. The highest BCUT2D eigenvalue weighted by Crippen LogP contribution is 2.18. The number of urea groups is 1. The number of likely N-dealkylation sites (N-methyl/N-ethyl adjacent to an activating group) is 1. The van der Waals surface area contributed by atoms with E-state index in [1.165, 1.54) is 19.3 Å². The Bertz CT molecular complexity index is 510. The summed E-state index contributed by atoms with van der Waals surface area (Å²) in [6.07, 6.45) is 5.74. The van der Waals surface area contributed by atoms with Crippen molar-refractivity contribution in [3.63, 3.8) is 0 Å². The molecule has 1 saturated carbocycles. The van der Waals surface area contributed by atoms with Gasteiger partial charge in [0.05, 0.1) is 0 Å². The van der Waals surface area contributed by atoms with Gasteiger partial charge in [-0.05, 0) is 44.0 Å². The zero-order valence-electron chi connectivity index (χ0n) is 13.6. The van der Waals surface area contributed by atoms with Crippen LogP contribution in [0.2, 0.25) is 0 Å². The summed E-state index contributed by atoms with van der Waals surface area (Å²) in [5.41, 5.74) is 0.698. The molecule has 0 heterocycles. The van der Waals surface area contributed by atoms with Crippen LogP contribution in [0, 0.1) is 0 Å². The molecule has 1 fully saturated rings. The molecule has 23 heavy (non-hydrogen) atoms. The van der Waals surface area contributed by atoms with Crippen LogP contribution < -0.4 is 20.7 Å². The summed E-state index contributed by atoms with van der Waals surface area (Å²) in [6.45, 7) is 2.43. The Kier molecular flexibility index (Phi) is 6.72. The predicted octanol–water partition coefficient (Wildman–Crippen LogP) is 2.66. The van der Waals surface area contributed by atoms with Crippen molar-refractivity contribution in [1.82, 2.24) is 10.6 Å². The molecule has 2 rings (SSSR count). The van der Waals surface area contributed by atoms with Crippen molar-refractivity contribution in [2.24, 2.45) is 0 Å². The van der Waals surface area contributed by atoms with E-state index in [2.05, 4.69) is 16.0 Å². The molecule has 0 unspecified atom stereocenters. The molecule has 0 aliphatic heterocycles. The first-order chi connectivity index (χ1) is 11.2. The zero-order valence-corrected chi connectivity index (χ0v) is 13.6. The van der Waals surface area contributed by atoms with Crippen molar-refractivity contribution in [2.75, 3.05) is 18.5 Å². The number of rotatable bonds is 6. The summed E-state index contributed by atoms with van der Waals surface area (Å²) >= 11 is 0. The van der Waals surface area contributed by atoms with E-state index in [9.17, 15) is 9.59 Å². The average molecular weight is 319 g/mol. The van der Waals surface area contributed by atoms with Crippen LogP contribution in [-0.4, -0.2) is 31.1 Å². The van der Waals surface area contributed by atoms with Gasteiger partial charge < -0.3 is 20.7 Å². The monoisotopic (exact) mass is 319 g/mol. The molecule has 0 aromatic heterocycles. The fourth-order valence-electron chi connectivity index (χ4n) is 2.63. The van der Waals surface area contributed by atoms with E-state index in [-0.39, 0.29) is 24.6 Å². The van der Waals surface area contributed by atoms with Crippen LogP contribution in [0.5, 0.6) is 5.75 Å². The molecule has 1 aromatic carbocycles. The number of anilines is 1. The molecule has 0 saturated heterocycles. The smallest absolute Gasteiger partial charge is 0.319 e. The number of nitrogens with one attached hydrogen (secondary N) is 3. The van der Waals surface area contributed by atoms with E-state index in [1.54, 1.807) is 24.3 Å². The van der Waals surface area contributed by atoms with E-state index in [1.807, 2.05) is 6.92 Å². The minimum absolute atomic E-state index is 0.0111. The first-order valence-electron chi connectivity index (χ1n) is 8.24. The fraction of sp³-hybridized carbons (Fsp3) is 0.529. The summed E-state index contributed by atoms with van der Waals surface area (Å²) in [4.78, 5) is 23.3. The number of carbonyl (C=O) groups is 2. The van der Waals surface area contributed by atoms with Crippen LogP contribution in [0.1, 0.15) is 39.0 Å². The first kappa shape index (κ1) is 17.1. The second-order valence-electron chi connectivity index (χ2n) is 5.70. The van der Waals surface area contributed by atoms with E-state index < -0.39 is 0 Å². The minimum atomic E-state index is -0.173. The van der Waals surface area contributed by atoms with Crippen LogP contribution in [-0.2, 0) is 4.79 Å². The lowest BCUT2D eigenvalue weighted by atomic mass is 9.96. The minimum Gasteiger partial charge on any atom is -0.484 e. The van der Waals surface area contributed by atoms with Crippen molar-refractivity contribution < 1.29 is 14.3 Å². The predicted molar refractivity (Wildman–Crippen MR) is 89.6 cm³/mol. The molecule has 1 aliphatic rings. The molecule has 6 nitrogen and oxygen atoms in total. The van der Waals surface area contributed by atoms with Gasteiger partial charge in [0.15, 0.2) is 6.61 Å². The van der Waals surface area contributed by atoms with Gasteiger partial charge in [0.1, 0.15) is 5.75 Å². The lowest BCUT2D eigenvalue weighted by molar-refractivity contribution is -0.122. The molecule has 1 aliphatic carbocycles. The van der Waals surface area contributed by atoms with Gasteiger partial charge in [-0.3, -0.25) is 4.79 Å². The summed E-state index contributed by atoms with van der Waals surface area (Å²) in [7, 11) is 0. The highest BCUT2D eigenvalue weighted by atomic mass is 16.5. The average Bonchev–Trinajstić information content (AvgIpc) is 2.55. The maximum Gasteiger partial charge on any atom is 0.319 e. The fourth-order valence-corrected chi connectivity index (χ4v) is 2.63. The van der Waals surface area contributed by atoms with Crippen molar-refractivity contribution in [2.45, 2.75) is 45.1 Å². The summed E-state index contributed by atoms with van der Waals surface area (Å²) in [5, 5.41) is 8.48. The number of amides is 3. The Hall–Kier alpha value is -2.24. The number of benzene rings is 1. The molecular weight excluding hydrogens is 294 g/mol. The van der Waals surface area contributed by atoms with Crippen LogP contribution in [0.4, 0.5) is 10.5 Å². The number of ether oxygens (including phenoxy) is 1. The van der Waals surface area contributed by atoms with Gasteiger partial charge in [-0.15, -0.1) is 0 Å². The highest BCUT2D eigenvalue weighted by Gasteiger charge is 2.15. The third-order valence-electron chi connectivity index (χ3n) is 3.80. The van der Waals surface area contributed by atoms with Crippen LogP contribution in [0.25, 0.3) is 0 Å². The van der Waals surface area contributed by atoms with Gasteiger partial charge in [-0.2, -0.15) is 0 Å². The van der Waals surface area contributed by atoms with Gasteiger partial charge in [0, 0.05) is 18.3 Å². The van der Waals surface area contributed by atoms with Crippen molar-refractivity contribution in [1.29, 1.82) is 0 Å². The SMILES string of the molecule is CCNC(=O)COc1ccc(NC(=O)NC2CCCCC2)cc1. The van der Waals surface area contributed by atoms with Gasteiger partial charge in [-0.1, -0.05) is 19.3 Å². The second kappa shape index (κ2) is 9.02.